The molecule has 7 heteroatoms. The maximum absolute atomic E-state index is 11.9. The van der Waals surface area contributed by atoms with Gasteiger partial charge in [0.2, 0.25) is 5.91 Å². The summed E-state index contributed by atoms with van der Waals surface area (Å²) in [5.74, 6) is 0.798. The van der Waals surface area contributed by atoms with Crippen molar-refractivity contribution in [3.05, 3.63) is 65.2 Å². The quantitative estimate of drug-likeness (QED) is 0.342. The second-order valence-electron chi connectivity index (χ2n) is 7.23. The van der Waals surface area contributed by atoms with Crippen molar-refractivity contribution in [3.63, 3.8) is 0 Å². The van der Waals surface area contributed by atoms with Crippen molar-refractivity contribution in [2.24, 2.45) is 4.99 Å². The number of carbonyl (C=O) groups excluding carboxylic acids is 1. The molecular weight excluding hydrogens is 477 g/mol. The number of hydrogen-bond acceptors (Lipinski definition) is 3. The number of amides is 1. The summed E-state index contributed by atoms with van der Waals surface area (Å²) in [6.45, 7) is 3.85. The minimum atomic E-state index is -0.0243. The van der Waals surface area contributed by atoms with E-state index < -0.39 is 0 Å². The third-order valence-electron chi connectivity index (χ3n) is 4.23. The Morgan fingerprint density at radius 2 is 1.72 bits per heavy atom. The van der Waals surface area contributed by atoms with Gasteiger partial charge in [0.1, 0.15) is 0 Å². The Labute approximate surface area is 191 Å². The summed E-state index contributed by atoms with van der Waals surface area (Å²) in [5.41, 5.74) is 4.37. The smallest absolute Gasteiger partial charge is 0.238 e. The van der Waals surface area contributed by atoms with Gasteiger partial charge in [-0.2, -0.15) is 0 Å². The molecular formula is C22H32IN5O. The summed E-state index contributed by atoms with van der Waals surface area (Å²) in [6.07, 6.45) is 0. The van der Waals surface area contributed by atoms with Crippen LogP contribution >= 0.6 is 24.0 Å². The molecule has 6 nitrogen and oxygen atoms in total. The zero-order valence-electron chi connectivity index (χ0n) is 17.9. The molecule has 2 N–H and O–H groups in total. The molecule has 0 unspecified atom stereocenters. The second-order valence-corrected chi connectivity index (χ2v) is 7.23. The number of anilines is 1. The van der Waals surface area contributed by atoms with E-state index in [-0.39, 0.29) is 29.9 Å². The van der Waals surface area contributed by atoms with Crippen LogP contribution in [-0.4, -0.2) is 56.4 Å². The number of likely N-dealkylation sites (N-methyl/N-ethyl adjacent to an activating group) is 1. The van der Waals surface area contributed by atoms with E-state index in [1.54, 1.807) is 7.05 Å². The Hall–Kier alpha value is -2.13. The van der Waals surface area contributed by atoms with E-state index in [9.17, 15) is 4.79 Å². The van der Waals surface area contributed by atoms with Crippen LogP contribution in [-0.2, 0) is 17.9 Å². The van der Waals surface area contributed by atoms with Gasteiger partial charge < -0.3 is 20.4 Å². The molecule has 158 valence electrons. The van der Waals surface area contributed by atoms with Gasteiger partial charge in [-0.1, -0.05) is 42.0 Å². The summed E-state index contributed by atoms with van der Waals surface area (Å²) in [4.78, 5) is 20.2. The minimum Gasteiger partial charge on any atom is -0.352 e. The van der Waals surface area contributed by atoms with Crippen LogP contribution in [0.5, 0.6) is 0 Å². The molecule has 0 heterocycles. The molecule has 0 fully saturated rings. The zero-order chi connectivity index (χ0) is 20.5. The number of nitrogens with one attached hydrogen (secondary N) is 2. The van der Waals surface area contributed by atoms with Gasteiger partial charge in [-0.25, -0.2) is 0 Å². The Bertz CT molecular complexity index is 805. The summed E-state index contributed by atoms with van der Waals surface area (Å²) in [7, 11) is 7.55. The van der Waals surface area contributed by atoms with Crippen LogP contribution in [0.2, 0.25) is 0 Å². The molecule has 0 saturated heterocycles. The third-order valence-corrected chi connectivity index (χ3v) is 4.23. The Morgan fingerprint density at radius 3 is 2.34 bits per heavy atom. The Kier molecular flexibility index (Phi) is 10.7. The van der Waals surface area contributed by atoms with Crippen molar-refractivity contribution < 1.29 is 4.79 Å². The number of halogens is 1. The molecule has 0 atom stereocenters. The Balaban J connectivity index is 0.00000420. The second kappa shape index (κ2) is 12.4. The highest BCUT2D eigenvalue weighted by atomic mass is 127. The van der Waals surface area contributed by atoms with E-state index in [1.807, 2.05) is 50.3 Å². The normalized spacial score (nSPS) is 11.0. The largest absolute Gasteiger partial charge is 0.352 e. The lowest BCUT2D eigenvalue weighted by atomic mass is 10.1. The minimum absolute atomic E-state index is 0. The molecule has 0 aromatic heterocycles. The van der Waals surface area contributed by atoms with Crippen LogP contribution in [0, 0.1) is 6.92 Å². The van der Waals surface area contributed by atoms with Gasteiger partial charge in [-0.3, -0.25) is 9.79 Å². The number of benzene rings is 2. The standard InChI is InChI=1S/C22H31N5O.HI/c1-17-9-11-18(12-10-17)15-27(5)22(23-2)24-14-19-7-6-8-20(13-19)25-21(28)16-26(3)4;/h6-13H,14-16H2,1-5H3,(H,23,24)(H,25,28);1H. The highest BCUT2D eigenvalue weighted by Gasteiger charge is 2.08. The van der Waals surface area contributed by atoms with E-state index in [0.717, 1.165) is 23.8 Å². The summed E-state index contributed by atoms with van der Waals surface area (Å²) < 4.78 is 0. The Morgan fingerprint density at radius 1 is 1.03 bits per heavy atom. The topological polar surface area (TPSA) is 60.0 Å². The molecule has 0 spiro atoms. The number of aryl methyl sites for hydroxylation is 1. The van der Waals surface area contributed by atoms with Crippen molar-refractivity contribution in [2.75, 3.05) is 40.1 Å². The van der Waals surface area contributed by atoms with Crippen LogP contribution in [0.25, 0.3) is 0 Å². The molecule has 29 heavy (non-hydrogen) atoms. The monoisotopic (exact) mass is 509 g/mol. The highest BCUT2D eigenvalue weighted by Crippen LogP contribution is 2.11. The lowest BCUT2D eigenvalue weighted by Crippen LogP contribution is -2.38. The number of hydrogen-bond donors (Lipinski definition) is 2. The highest BCUT2D eigenvalue weighted by molar-refractivity contribution is 14.0. The van der Waals surface area contributed by atoms with E-state index in [4.69, 9.17) is 0 Å². The lowest BCUT2D eigenvalue weighted by molar-refractivity contribution is -0.116. The molecule has 0 aliphatic heterocycles. The summed E-state index contributed by atoms with van der Waals surface area (Å²) >= 11 is 0. The van der Waals surface area contributed by atoms with Crippen molar-refractivity contribution in [2.45, 2.75) is 20.0 Å². The molecule has 0 radical (unpaired) electrons. The van der Waals surface area contributed by atoms with E-state index >= 15 is 0 Å². The first-order valence-corrected chi connectivity index (χ1v) is 9.38. The predicted molar refractivity (Wildman–Crippen MR) is 132 cm³/mol. The first-order valence-electron chi connectivity index (χ1n) is 9.38. The maximum atomic E-state index is 11.9. The summed E-state index contributed by atoms with van der Waals surface area (Å²) in [5, 5.41) is 6.31. The number of carbonyl (C=O) groups is 1. The van der Waals surface area contributed by atoms with Gasteiger partial charge in [0.15, 0.2) is 5.96 Å². The fourth-order valence-electron chi connectivity index (χ4n) is 2.85. The summed E-state index contributed by atoms with van der Waals surface area (Å²) in [6, 6.07) is 16.4. The van der Waals surface area contributed by atoms with Gasteiger partial charge in [-0.15, -0.1) is 24.0 Å². The number of rotatable bonds is 7. The lowest BCUT2D eigenvalue weighted by Gasteiger charge is -2.22. The molecule has 1 amide bonds. The van der Waals surface area contributed by atoms with Crippen LogP contribution in [0.4, 0.5) is 5.69 Å². The average molecular weight is 509 g/mol. The van der Waals surface area contributed by atoms with Crippen molar-refractivity contribution in [1.82, 2.24) is 15.1 Å². The van der Waals surface area contributed by atoms with Gasteiger partial charge in [0.25, 0.3) is 0 Å². The van der Waals surface area contributed by atoms with E-state index in [2.05, 4.69) is 51.7 Å². The first-order chi connectivity index (χ1) is 13.4. The molecule has 0 saturated carbocycles. The van der Waals surface area contributed by atoms with Crippen LogP contribution < -0.4 is 10.6 Å². The van der Waals surface area contributed by atoms with Crippen LogP contribution in [0.1, 0.15) is 16.7 Å². The number of guanidine groups is 1. The van der Waals surface area contributed by atoms with Gasteiger partial charge >= 0.3 is 0 Å². The zero-order valence-corrected chi connectivity index (χ0v) is 20.2. The molecule has 0 aliphatic carbocycles. The molecule has 2 aromatic carbocycles. The van der Waals surface area contributed by atoms with Crippen molar-refractivity contribution >= 4 is 41.5 Å². The van der Waals surface area contributed by atoms with Crippen LogP contribution in [0.15, 0.2) is 53.5 Å². The van der Waals surface area contributed by atoms with E-state index in [1.165, 1.54) is 11.1 Å². The maximum Gasteiger partial charge on any atom is 0.238 e. The number of nitrogens with zero attached hydrogens (tertiary/aromatic N) is 3. The van der Waals surface area contributed by atoms with Gasteiger partial charge in [0.05, 0.1) is 6.54 Å². The third kappa shape index (κ3) is 8.82. The fraction of sp³-hybridized carbons (Fsp3) is 0.364. The SMILES string of the molecule is CN=C(NCc1cccc(NC(=O)CN(C)C)c1)N(C)Cc1ccc(C)cc1.I. The van der Waals surface area contributed by atoms with Gasteiger partial charge in [0, 0.05) is 32.9 Å². The van der Waals surface area contributed by atoms with Crippen molar-refractivity contribution in [3.8, 4) is 0 Å². The molecule has 2 rings (SSSR count). The van der Waals surface area contributed by atoms with E-state index in [0.29, 0.717) is 13.1 Å². The molecule has 2 aromatic rings. The molecule has 0 bridgehead atoms. The van der Waals surface area contributed by atoms with Crippen LogP contribution in [0.3, 0.4) is 0 Å². The van der Waals surface area contributed by atoms with Crippen molar-refractivity contribution in [1.29, 1.82) is 0 Å². The fourth-order valence-corrected chi connectivity index (χ4v) is 2.85. The molecule has 0 aliphatic rings. The predicted octanol–water partition coefficient (Wildman–Crippen LogP) is 3.32. The number of aliphatic imine (C=N–C) groups is 1. The first kappa shape index (κ1) is 24.9. The van der Waals surface area contributed by atoms with Gasteiger partial charge in [-0.05, 0) is 44.3 Å². The average Bonchev–Trinajstić information content (AvgIpc) is 2.63.